The molecule has 0 aromatic heterocycles. The fourth-order valence-electron chi connectivity index (χ4n) is 2.83. The highest BCUT2D eigenvalue weighted by Crippen LogP contribution is 2.22. The first-order valence-corrected chi connectivity index (χ1v) is 8.48. The summed E-state index contributed by atoms with van der Waals surface area (Å²) < 4.78 is 0. The van der Waals surface area contributed by atoms with Crippen LogP contribution in [0.2, 0.25) is 0 Å². The van der Waals surface area contributed by atoms with Crippen LogP contribution >= 0.6 is 0 Å². The zero-order chi connectivity index (χ0) is 18.4. The summed E-state index contributed by atoms with van der Waals surface area (Å²) >= 11 is 0. The number of fused-ring (bicyclic) bond motifs is 1. The largest absolute Gasteiger partial charge is 0.323 e. The van der Waals surface area contributed by atoms with Crippen LogP contribution in [-0.4, -0.2) is 29.5 Å². The predicted octanol–water partition coefficient (Wildman–Crippen LogP) is 2.80. The molecule has 3 rings (SSSR count). The average Bonchev–Trinajstić information content (AvgIpc) is 2.91. The Morgan fingerprint density at radius 2 is 1.62 bits per heavy atom. The van der Waals surface area contributed by atoms with Gasteiger partial charge in [-0.15, -0.1) is 0 Å². The maximum atomic E-state index is 12.2. The number of nitrogens with zero attached hydrogens (tertiary/aromatic N) is 2. The Hall–Kier alpha value is -3.39. The molecule has 2 aromatic carbocycles. The fraction of sp³-hybridized carbons (Fsp3) is 0.190. The number of hydrogen-bond donors (Lipinski definition) is 1. The second-order valence-corrected chi connectivity index (χ2v) is 5.97. The van der Waals surface area contributed by atoms with Gasteiger partial charge < -0.3 is 5.84 Å². The summed E-state index contributed by atoms with van der Waals surface area (Å²) in [6.45, 7) is 0.432. The first-order valence-electron chi connectivity index (χ1n) is 8.48. The lowest BCUT2D eigenvalue weighted by Gasteiger charge is -2.12. The Balaban J connectivity index is 1.46. The van der Waals surface area contributed by atoms with Gasteiger partial charge in [-0.1, -0.05) is 36.1 Å². The van der Waals surface area contributed by atoms with E-state index in [9.17, 15) is 9.59 Å². The number of carbonyl (C=O) groups excluding carboxylic acids is 2. The lowest BCUT2D eigenvalue weighted by Crippen LogP contribution is -2.30. The Morgan fingerprint density at radius 3 is 2.23 bits per heavy atom. The molecule has 1 aliphatic rings. The lowest BCUT2D eigenvalue weighted by molar-refractivity contribution is 0.0652. The molecule has 1 heterocycles. The fourth-order valence-corrected chi connectivity index (χ4v) is 2.83. The van der Waals surface area contributed by atoms with E-state index in [0.717, 1.165) is 30.4 Å². The molecule has 0 fully saturated rings. The quantitative estimate of drug-likeness (QED) is 0.226. The van der Waals surface area contributed by atoms with E-state index in [-0.39, 0.29) is 11.8 Å². The molecular formula is C21H19N3O2. The minimum absolute atomic E-state index is 0.196. The van der Waals surface area contributed by atoms with Crippen LogP contribution in [0.1, 0.15) is 51.1 Å². The van der Waals surface area contributed by atoms with Gasteiger partial charge in [-0.2, -0.15) is 5.10 Å². The summed E-state index contributed by atoms with van der Waals surface area (Å²) in [7, 11) is 0. The van der Waals surface area contributed by atoms with Crippen molar-refractivity contribution in [3.63, 3.8) is 0 Å². The summed E-state index contributed by atoms with van der Waals surface area (Å²) in [5.41, 5.74) is 2.86. The second-order valence-electron chi connectivity index (χ2n) is 5.97. The van der Waals surface area contributed by atoms with Crippen LogP contribution in [0.5, 0.6) is 0 Å². The molecule has 1 aliphatic heterocycles. The van der Waals surface area contributed by atoms with Gasteiger partial charge in [0.2, 0.25) is 0 Å². The third-order valence-corrected chi connectivity index (χ3v) is 4.18. The summed E-state index contributed by atoms with van der Waals surface area (Å²) in [6, 6.07) is 14.6. The van der Waals surface area contributed by atoms with Crippen molar-refractivity contribution in [2.24, 2.45) is 10.9 Å². The molecule has 0 unspecified atom stereocenters. The standard InChI is InChI=1S/C21H19N3O2/c22-23-15-17-12-10-16(11-13-17)7-3-1-2-6-14-24-20(25)18-8-4-5-9-19(18)21(24)26/h4-5,8-13,15H,1-2,6,14,22H2. The molecule has 26 heavy (non-hydrogen) atoms. The number of hydrazone groups is 1. The van der Waals surface area contributed by atoms with Crippen LogP contribution in [-0.2, 0) is 0 Å². The van der Waals surface area contributed by atoms with Gasteiger partial charge in [-0.05, 0) is 42.7 Å². The Bertz CT molecular complexity index is 870. The zero-order valence-electron chi connectivity index (χ0n) is 14.3. The van der Waals surface area contributed by atoms with Gasteiger partial charge >= 0.3 is 0 Å². The number of unbranched alkanes of at least 4 members (excludes halogenated alkanes) is 2. The number of carbonyl (C=O) groups is 2. The van der Waals surface area contributed by atoms with Crippen LogP contribution < -0.4 is 5.84 Å². The summed E-state index contributed by atoms with van der Waals surface area (Å²) in [4.78, 5) is 25.8. The minimum atomic E-state index is -0.196. The normalized spacial score (nSPS) is 13.0. The highest BCUT2D eigenvalue weighted by Gasteiger charge is 2.34. The molecule has 0 radical (unpaired) electrons. The van der Waals surface area contributed by atoms with Crippen LogP contribution in [0.25, 0.3) is 0 Å². The van der Waals surface area contributed by atoms with E-state index >= 15 is 0 Å². The highest BCUT2D eigenvalue weighted by atomic mass is 16.2. The number of benzene rings is 2. The smallest absolute Gasteiger partial charge is 0.261 e. The van der Waals surface area contributed by atoms with E-state index in [1.54, 1.807) is 30.5 Å². The molecule has 5 heteroatoms. The third kappa shape index (κ3) is 3.81. The monoisotopic (exact) mass is 345 g/mol. The highest BCUT2D eigenvalue weighted by molar-refractivity contribution is 6.21. The number of imide groups is 1. The summed E-state index contributed by atoms with van der Waals surface area (Å²) in [6.07, 6.45) is 3.87. The van der Waals surface area contributed by atoms with Crippen molar-refractivity contribution in [2.75, 3.05) is 6.54 Å². The molecule has 0 saturated heterocycles. The predicted molar refractivity (Wildman–Crippen MR) is 101 cm³/mol. The van der Waals surface area contributed by atoms with E-state index in [1.165, 1.54) is 4.90 Å². The number of amides is 2. The van der Waals surface area contributed by atoms with Crippen LogP contribution in [0, 0.1) is 11.8 Å². The summed E-state index contributed by atoms with van der Waals surface area (Å²) in [5.74, 6) is 10.9. The van der Waals surface area contributed by atoms with E-state index in [2.05, 4.69) is 16.9 Å². The van der Waals surface area contributed by atoms with Crippen molar-refractivity contribution in [1.82, 2.24) is 4.90 Å². The molecule has 2 N–H and O–H groups in total. The third-order valence-electron chi connectivity index (χ3n) is 4.18. The molecular weight excluding hydrogens is 326 g/mol. The molecule has 0 spiro atoms. The van der Waals surface area contributed by atoms with Crippen molar-refractivity contribution in [2.45, 2.75) is 19.3 Å². The van der Waals surface area contributed by atoms with Gasteiger partial charge in [0.15, 0.2) is 0 Å². The van der Waals surface area contributed by atoms with Gasteiger partial charge in [0.05, 0.1) is 17.3 Å². The van der Waals surface area contributed by atoms with Gasteiger partial charge in [-0.3, -0.25) is 14.5 Å². The Labute approximate surface area is 152 Å². The zero-order valence-corrected chi connectivity index (χ0v) is 14.3. The first kappa shape index (κ1) is 17.4. The van der Waals surface area contributed by atoms with Crippen molar-refractivity contribution >= 4 is 18.0 Å². The van der Waals surface area contributed by atoms with E-state index in [0.29, 0.717) is 17.7 Å². The van der Waals surface area contributed by atoms with Crippen molar-refractivity contribution in [3.05, 3.63) is 70.8 Å². The molecule has 2 aromatic rings. The van der Waals surface area contributed by atoms with E-state index in [4.69, 9.17) is 5.84 Å². The average molecular weight is 345 g/mol. The number of nitrogens with two attached hydrogens (primary N) is 1. The molecule has 5 nitrogen and oxygen atoms in total. The molecule has 130 valence electrons. The number of hydrogen-bond acceptors (Lipinski definition) is 4. The maximum Gasteiger partial charge on any atom is 0.261 e. The van der Waals surface area contributed by atoms with E-state index < -0.39 is 0 Å². The second kappa shape index (κ2) is 8.13. The summed E-state index contributed by atoms with van der Waals surface area (Å²) in [5, 5.41) is 3.48. The minimum Gasteiger partial charge on any atom is -0.323 e. The van der Waals surface area contributed by atoms with Crippen LogP contribution in [0.15, 0.2) is 53.6 Å². The Kier molecular flexibility index (Phi) is 5.45. The van der Waals surface area contributed by atoms with E-state index in [1.807, 2.05) is 24.3 Å². The van der Waals surface area contributed by atoms with Gasteiger partial charge in [0.25, 0.3) is 11.8 Å². The SMILES string of the molecule is NN=Cc1ccc(C#CCCCCN2C(=O)c3ccccc3C2=O)cc1. The molecule has 0 aliphatic carbocycles. The van der Waals surface area contributed by atoms with Gasteiger partial charge in [0, 0.05) is 18.5 Å². The molecule has 0 bridgehead atoms. The van der Waals surface area contributed by atoms with Crippen molar-refractivity contribution < 1.29 is 9.59 Å². The molecule has 2 amide bonds. The molecule has 0 saturated carbocycles. The van der Waals surface area contributed by atoms with Crippen LogP contribution in [0.4, 0.5) is 0 Å². The van der Waals surface area contributed by atoms with Gasteiger partial charge in [0.1, 0.15) is 0 Å². The van der Waals surface area contributed by atoms with Crippen molar-refractivity contribution in [3.8, 4) is 11.8 Å². The topological polar surface area (TPSA) is 75.8 Å². The van der Waals surface area contributed by atoms with Crippen molar-refractivity contribution in [1.29, 1.82) is 0 Å². The molecule has 0 atom stereocenters. The number of rotatable bonds is 5. The van der Waals surface area contributed by atoms with Gasteiger partial charge in [-0.25, -0.2) is 0 Å². The maximum absolute atomic E-state index is 12.2. The Morgan fingerprint density at radius 1 is 0.962 bits per heavy atom. The first-order chi connectivity index (χ1) is 12.7. The van der Waals surface area contributed by atoms with Crippen LogP contribution in [0.3, 0.4) is 0 Å². The lowest BCUT2D eigenvalue weighted by atomic mass is 10.1.